The molecule has 0 amide bonds. The highest BCUT2D eigenvalue weighted by Crippen LogP contribution is 2.23. The summed E-state index contributed by atoms with van der Waals surface area (Å²) in [5, 5.41) is 0.643. The minimum Gasteiger partial charge on any atom is -0.491 e. The number of aromatic nitrogens is 1. The van der Waals surface area contributed by atoms with Crippen LogP contribution in [0.2, 0.25) is 0 Å². The second kappa shape index (κ2) is 7.07. The molecule has 1 aromatic heterocycles. The molecule has 1 aromatic rings. The average molecular weight is 377 g/mol. The number of hydrogen-bond donors (Lipinski definition) is 0. The lowest BCUT2D eigenvalue weighted by Crippen LogP contribution is -2.41. The monoisotopic (exact) mass is 376 g/mol. The van der Waals surface area contributed by atoms with E-state index >= 15 is 0 Å². The number of rotatable bonds is 5. The molecular weight excluding hydrogens is 356 g/mol. The van der Waals surface area contributed by atoms with E-state index in [9.17, 15) is 8.42 Å². The number of nitrogens with zero attached hydrogens (tertiary/aromatic N) is 2. The Balaban J connectivity index is 1.97. The number of sulfonamides is 1. The number of alkyl halides is 1. The van der Waals surface area contributed by atoms with Crippen LogP contribution in [-0.4, -0.2) is 43.7 Å². The summed E-state index contributed by atoms with van der Waals surface area (Å²) in [4.78, 5) is 4.43. The lowest BCUT2D eigenvalue weighted by Gasteiger charge is -2.30. The number of halogens is 1. The van der Waals surface area contributed by atoms with E-state index < -0.39 is 10.0 Å². The SMILES string of the molecule is Cc1ccc(OCC2CCCN(S(C)(=O)=O)C2)c(CBr)n1. The van der Waals surface area contributed by atoms with Crippen LogP contribution in [0.5, 0.6) is 5.75 Å². The molecule has 5 nitrogen and oxygen atoms in total. The van der Waals surface area contributed by atoms with Gasteiger partial charge in [0, 0.05) is 30.0 Å². The molecule has 1 atom stereocenters. The van der Waals surface area contributed by atoms with Crippen LogP contribution >= 0.6 is 15.9 Å². The van der Waals surface area contributed by atoms with Crippen molar-refractivity contribution in [2.24, 2.45) is 5.92 Å². The fraction of sp³-hybridized carbons (Fsp3) is 0.643. The van der Waals surface area contributed by atoms with Gasteiger partial charge in [0.2, 0.25) is 10.0 Å². The van der Waals surface area contributed by atoms with Gasteiger partial charge in [0.1, 0.15) is 5.75 Å². The molecular formula is C14H21BrN2O3S. The maximum absolute atomic E-state index is 11.6. The lowest BCUT2D eigenvalue weighted by atomic mass is 10.0. The fourth-order valence-electron chi connectivity index (χ4n) is 2.50. The zero-order valence-corrected chi connectivity index (χ0v) is 14.8. The first-order valence-corrected chi connectivity index (χ1v) is 9.97. The molecule has 7 heteroatoms. The molecule has 0 spiro atoms. The maximum Gasteiger partial charge on any atom is 0.211 e. The van der Waals surface area contributed by atoms with E-state index in [0.717, 1.165) is 30.0 Å². The Bertz CT molecular complexity index is 592. The normalized spacial score (nSPS) is 20.4. The van der Waals surface area contributed by atoms with Gasteiger partial charge in [-0.05, 0) is 31.9 Å². The van der Waals surface area contributed by atoms with Gasteiger partial charge in [-0.1, -0.05) is 15.9 Å². The Morgan fingerprint density at radius 2 is 2.24 bits per heavy atom. The van der Waals surface area contributed by atoms with E-state index in [0.29, 0.717) is 25.0 Å². The molecule has 1 aliphatic heterocycles. The summed E-state index contributed by atoms with van der Waals surface area (Å²) in [6, 6.07) is 3.85. The van der Waals surface area contributed by atoms with Gasteiger partial charge in [-0.3, -0.25) is 4.98 Å². The molecule has 2 rings (SSSR count). The summed E-state index contributed by atoms with van der Waals surface area (Å²) >= 11 is 3.41. The van der Waals surface area contributed by atoms with E-state index in [1.54, 1.807) is 4.31 Å². The zero-order valence-electron chi connectivity index (χ0n) is 12.4. The van der Waals surface area contributed by atoms with Gasteiger partial charge in [-0.2, -0.15) is 0 Å². The Morgan fingerprint density at radius 1 is 1.48 bits per heavy atom. The van der Waals surface area contributed by atoms with Crippen LogP contribution in [0.1, 0.15) is 24.2 Å². The number of aryl methyl sites for hydroxylation is 1. The third kappa shape index (κ3) is 4.66. The van der Waals surface area contributed by atoms with Crippen LogP contribution in [0.25, 0.3) is 0 Å². The number of piperidine rings is 1. The van der Waals surface area contributed by atoms with E-state index in [1.807, 2.05) is 19.1 Å². The van der Waals surface area contributed by atoms with Gasteiger partial charge >= 0.3 is 0 Å². The van der Waals surface area contributed by atoms with E-state index in [4.69, 9.17) is 4.74 Å². The Kier molecular flexibility index (Phi) is 5.62. The van der Waals surface area contributed by atoms with Gasteiger partial charge in [0.25, 0.3) is 0 Å². The summed E-state index contributed by atoms with van der Waals surface area (Å²) in [7, 11) is -3.10. The molecule has 21 heavy (non-hydrogen) atoms. The van der Waals surface area contributed by atoms with Gasteiger partial charge in [0.15, 0.2) is 0 Å². The van der Waals surface area contributed by atoms with Crippen LogP contribution in [0.4, 0.5) is 0 Å². The second-order valence-corrected chi connectivity index (χ2v) is 8.01. The average Bonchev–Trinajstić information content (AvgIpc) is 2.45. The van der Waals surface area contributed by atoms with Crippen LogP contribution in [0.3, 0.4) is 0 Å². The standard InChI is InChI=1S/C14H21BrN2O3S/c1-11-5-6-14(13(8-15)16-11)20-10-12-4-3-7-17(9-12)21(2,18)19/h5-6,12H,3-4,7-10H2,1-2H3. The highest BCUT2D eigenvalue weighted by molar-refractivity contribution is 9.08. The van der Waals surface area contributed by atoms with Crippen LogP contribution in [0.15, 0.2) is 12.1 Å². The van der Waals surface area contributed by atoms with Crippen molar-refractivity contribution in [2.75, 3.05) is 26.0 Å². The quantitative estimate of drug-likeness (QED) is 0.739. The van der Waals surface area contributed by atoms with Crippen molar-refractivity contribution in [1.29, 1.82) is 0 Å². The van der Waals surface area contributed by atoms with Gasteiger partial charge in [0.05, 0.1) is 18.6 Å². The lowest BCUT2D eigenvalue weighted by molar-refractivity contribution is 0.179. The van der Waals surface area contributed by atoms with Crippen molar-refractivity contribution in [2.45, 2.75) is 25.1 Å². The molecule has 0 saturated carbocycles. The molecule has 1 unspecified atom stereocenters. The van der Waals surface area contributed by atoms with E-state index in [2.05, 4.69) is 20.9 Å². The first-order chi connectivity index (χ1) is 9.90. The van der Waals surface area contributed by atoms with Gasteiger partial charge < -0.3 is 4.74 Å². The molecule has 118 valence electrons. The highest BCUT2D eigenvalue weighted by atomic mass is 79.9. The predicted molar refractivity (Wildman–Crippen MR) is 86.2 cm³/mol. The smallest absolute Gasteiger partial charge is 0.211 e. The molecule has 0 aromatic carbocycles. The molecule has 1 saturated heterocycles. The Labute approximate surface area is 134 Å². The predicted octanol–water partition coefficient (Wildman–Crippen LogP) is 2.34. The molecule has 0 N–H and O–H groups in total. The van der Waals surface area contributed by atoms with Crippen molar-refractivity contribution in [3.05, 3.63) is 23.5 Å². The van der Waals surface area contributed by atoms with Crippen molar-refractivity contribution in [3.8, 4) is 5.75 Å². The fourth-order valence-corrected chi connectivity index (χ4v) is 3.84. The minimum atomic E-state index is -3.10. The molecule has 0 aliphatic carbocycles. The summed E-state index contributed by atoms with van der Waals surface area (Å²) < 4.78 is 30.6. The summed E-state index contributed by atoms with van der Waals surface area (Å²) in [6.45, 7) is 3.63. The molecule has 0 radical (unpaired) electrons. The van der Waals surface area contributed by atoms with Crippen molar-refractivity contribution in [1.82, 2.24) is 9.29 Å². The third-order valence-electron chi connectivity index (χ3n) is 3.62. The van der Waals surface area contributed by atoms with Gasteiger partial charge in [-0.25, -0.2) is 12.7 Å². The van der Waals surface area contributed by atoms with Gasteiger partial charge in [-0.15, -0.1) is 0 Å². The third-order valence-corrected chi connectivity index (χ3v) is 5.42. The molecule has 0 bridgehead atoms. The van der Waals surface area contributed by atoms with Crippen LogP contribution in [0, 0.1) is 12.8 Å². The summed E-state index contributed by atoms with van der Waals surface area (Å²) in [5.41, 5.74) is 1.84. The van der Waals surface area contributed by atoms with Crippen molar-refractivity contribution < 1.29 is 13.2 Å². The summed E-state index contributed by atoms with van der Waals surface area (Å²) in [6.07, 6.45) is 3.15. The Morgan fingerprint density at radius 3 is 2.90 bits per heavy atom. The Hall–Kier alpha value is -0.660. The van der Waals surface area contributed by atoms with Crippen molar-refractivity contribution >= 4 is 26.0 Å². The largest absolute Gasteiger partial charge is 0.491 e. The van der Waals surface area contributed by atoms with Crippen LogP contribution < -0.4 is 4.74 Å². The highest BCUT2D eigenvalue weighted by Gasteiger charge is 2.26. The topological polar surface area (TPSA) is 59.5 Å². The molecule has 2 heterocycles. The first-order valence-electron chi connectivity index (χ1n) is 7.00. The first kappa shape index (κ1) is 16.7. The number of ether oxygens (including phenoxy) is 1. The molecule has 1 fully saturated rings. The van der Waals surface area contributed by atoms with Crippen molar-refractivity contribution in [3.63, 3.8) is 0 Å². The second-order valence-electron chi connectivity index (χ2n) is 5.47. The maximum atomic E-state index is 11.6. The summed E-state index contributed by atoms with van der Waals surface area (Å²) in [5.74, 6) is 1.01. The number of hydrogen-bond acceptors (Lipinski definition) is 4. The van der Waals surface area contributed by atoms with E-state index in [1.165, 1.54) is 6.26 Å². The van der Waals surface area contributed by atoms with Crippen LogP contribution in [-0.2, 0) is 15.4 Å². The minimum absolute atomic E-state index is 0.234. The zero-order chi connectivity index (χ0) is 15.5. The number of pyridine rings is 1. The van der Waals surface area contributed by atoms with E-state index in [-0.39, 0.29) is 5.92 Å². The molecule has 1 aliphatic rings.